The normalized spacial score (nSPS) is 21.7. The molecule has 2 rings (SSSR count). The van der Waals surface area contributed by atoms with Gasteiger partial charge in [0, 0.05) is 16.9 Å². The topological polar surface area (TPSA) is 54.5 Å². The molecule has 1 aromatic carbocycles. The van der Waals surface area contributed by atoms with E-state index in [9.17, 15) is 13.2 Å². The smallest absolute Gasteiger partial charge is 0.266 e. The fourth-order valence-electron chi connectivity index (χ4n) is 2.08. The summed E-state index contributed by atoms with van der Waals surface area (Å²) in [4.78, 5) is 12.1. The monoisotopic (exact) mass is 393 g/mol. The Morgan fingerprint density at radius 2 is 1.89 bits per heavy atom. The third kappa shape index (κ3) is 2.94. The first kappa shape index (κ1) is 14.8. The van der Waals surface area contributed by atoms with E-state index in [1.807, 2.05) is 13.8 Å². The lowest BCUT2D eigenvalue weighted by Gasteiger charge is -2.18. The summed E-state index contributed by atoms with van der Waals surface area (Å²) in [5, 5.41) is 0. The lowest BCUT2D eigenvalue weighted by Crippen LogP contribution is -2.32. The number of rotatable bonds is 3. The third-order valence-corrected chi connectivity index (χ3v) is 6.19. The van der Waals surface area contributed by atoms with Crippen molar-refractivity contribution in [2.45, 2.75) is 29.1 Å². The Kier molecular flexibility index (Phi) is 4.20. The van der Waals surface area contributed by atoms with Gasteiger partial charge in [0.05, 0.1) is 4.90 Å². The summed E-state index contributed by atoms with van der Waals surface area (Å²) in [6, 6.07) is 6.59. The van der Waals surface area contributed by atoms with Crippen LogP contribution in [0.5, 0.6) is 0 Å². The Labute approximate surface area is 127 Å². The van der Waals surface area contributed by atoms with Crippen LogP contribution in [0.3, 0.4) is 0 Å². The van der Waals surface area contributed by atoms with Crippen LogP contribution in [-0.2, 0) is 14.8 Å². The highest BCUT2D eigenvalue weighted by molar-refractivity contribution is 14.1. The van der Waals surface area contributed by atoms with Crippen LogP contribution in [0.15, 0.2) is 29.2 Å². The summed E-state index contributed by atoms with van der Waals surface area (Å²) in [5.41, 5.74) is 0.991. The third-order valence-electron chi connectivity index (χ3n) is 3.37. The largest absolute Gasteiger partial charge is 0.274 e. The van der Waals surface area contributed by atoms with E-state index in [0.29, 0.717) is 13.0 Å². The molecule has 6 heteroatoms. The molecular weight excluding hydrogens is 377 g/mol. The molecule has 0 aliphatic carbocycles. The van der Waals surface area contributed by atoms with Gasteiger partial charge in [0.15, 0.2) is 0 Å². The first-order chi connectivity index (χ1) is 8.82. The quantitative estimate of drug-likeness (QED) is 0.585. The van der Waals surface area contributed by atoms with Crippen molar-refractivity contribution in [2.24, 2.45) is 5.92 Å². The average molecular weight is 393 g/mol. The van der Waals surface area contributed by atoms with Crippen molar-refractivity contribution in [3.63, 3.8) is 0 Å². The molecule has 104 valence electrons. The lowest BCUT2D eigenvalue weighted by molar-refractivity contribution is -0.123. The summed E-state index contributed by atoms with van der Waals surface area (Å²) < 4.78 is 26.2. The molecule has 1 aromatic rings. The van der Waals surface area contributed by atoms with Crippen LogP contribution in [0.4, 0.5) is 0 Å². The second-order valence-corrected chi connectivity index (χ2v) is 8.71. The number of nitrogens with zero attached hydrogens (tertiary/aromatic N) is 1. The summed E-state index contributed by atoms with van der Waals surface area (Å²) in [5.74, 6) is -0.192. The number of alkyl halides is 1. The zero-order valence-corrected chi connectivity index (χ0v) is 13.8. The summed E-state index contributed by atoms with van der Waals surface area (Å²) in [7, 11) is -3.69. The van der Waals surface area contributed by atoms with Gasteiger partial charge in [0.1, 0.15) is 0 Å². The number of sulfonamides is 1. The molecule has 0 spiro atoms. The molecule has 0 N–H and O–H groups in total. The summed E-state index contributed by atoms with van der Waals surface area (Å²) >= 11 is 2.24. The zero-order chi connectivity index (χ0) is 14.2. The average Bonchev–Trinajstić information content (AvgIpc) is 2.73. The van der Waals surface area contributed by atoms with Crippen molar-refractivity contribution in [3.8, 4) is 0 Å². The molecule has 1 aliphatic heterocycles. The van der Waals surface area contributed by atoms with Crippen LogP contribution in [0, 0.1) is 12.8 Å². The Morgan fingerprint density at radius 3 is 2.37 bits per heavy atom. The van der Waals surface area contributed by atoms with Crippen LogP contribution in [0.1, 0.15) is 18.9 Å². The highest BCUT2D eigenvalue weighted by Gasteiger charge is 2.39. The van der Waals surface area contributed by atoms with Crippen molar-refractivity contribution < 1.29 is 13.2 Å². The molecular formula is C13H16INO3S. The number of carbonyl (C=O) groups is 1. The van der Waals surface area contributed by atoms with E-state index < -0.39 is 10.0 Å². The van der Waals surface area contributed by atoms with E-state index in [4.69, 9.17) is 0 Å². The second kappa shape index (κ2) is 5.40. The molecule has 0 saturated carbocycles. The van der Waals surface area contributed by atoms with Crippen molar-refractivity contribution in [1.29, 1.82) is 0 Å². The number of aryl methyl sites for hydroxylation is 1. The van der Waals surface area contributed by atoms with Gasteiger partial charge < -0.3 is 0 Å². The molecule has 1 saturated heterocycles. The molecule has 0 aromatic heterocycles. The minimum absolute atomic E-state index is 0.105. The van der Waals surface area contributed by atoms with Crippen molar-refractivity contribution in [1.82, 2.24) is 4.31 Å². The molecule has 0 radical (unpaired) electrons. The Morgan fingerprint density at radius 1 is 1.32 bits per heavy atom. The van der Waals surface area contributed by atoms with Gasteiger partial charge in [-0.3, -0.25) is 4.79 Å². The number of carbonyl (C=O) groups excluding carboxylic acids is 1. The standard InChI is InChI=1S/C13H16INO3S/c1-9-3-5-12(6-4-9)19(17,18)15-8-11(10(2)14)7-13(15)16/h3-6,10-11H,7-8H2,1-2H3. The molecule has 1 heterocycles. The molecule has 1 aliphatic rings. The Balaban J connectivity index is 2.30. The molecule has 4 nitrogen and oxygen atoms in total. The fourth-order valence-corrected chi connectivity index (χ4v) is 4.03. The molecule has 19 heavy (non-hydrogen) atoms. The minimum atomic E-state index is -3.69. The van der Waals surface area contributed by atoms with Gasteiger partial charge in [-0.1, -0.05) is 47.2 Å². The van der Waals surface area contributed by atoms with Crippen LogP contribution >= 0.6 is 22.6 Å². The van der Waals surface area contributed by atoms with E-state index in [1.54, 1.807) is 24.3 Å². The van der Waals surface area contributed by atoms with Gasteiger partial charge >= 0.3 is 0 Å². The lowest BCUT2D eigenvalue weighted by atomic mass is 10.1. The predicted molar refractivity (Wildman–Crippen MR) is 81.7 cm³/mol. The molecule has 1 amide bonds. The summed E-state index contributed by atoms with van der Waals surface area (Å²) in [6.07, 6.45) is 0.315. The van der Waals surface area contributed by atoms with Gasteiger partial charge in [-0.2, -0.15) is 0 Å². The Bertz CT molecular complexity index is 580. The number of hydrogen-bond acceptors (Lipinski definition) is 3. The van der Waals surface area contributed by atoms with Crippen molar-refractivity contribution in [3.05, 3.63) is 29.8 Å². The van der Waals surface area contributed by atoms with Crippen molar-refractivity contribution in [2.75, 3.05) is 6.54 Å². The maximum Gasteiger partial charge on any atom is 0.266 e. The highest BCUT2D eigenvalue weighted by Crippen LogP contribution is 2.30. The number of amides is 1. The molecule has 1 fully saturated rings. The number of benzene rings is 1. The maximum atomic E-state index is 12.4. The predicted octanol–water partition coefficient (Wildman–Crippen LogP) is 2.36. The van der Waals surface area contributed by atoms with Crippen LogP contribution in [-0.4, -0.2) is 29.1 Å². The van der Waals surface area contributed by atoms with Gasteiger partial charge in [-0.15, -0.1) is 0 Å². The first-order valence-corrected chi connectivity index (χ1v) is 8.77. The summed E-state index contributed by atoms with van der Waals surface area (Å²) in [6.45, 7) is 4.19. The minimum Gasteiger partial charge on any atom is -0.274 e. The van der Waals surface area contributed by atoms with Gasteiger partial charge in [-0.25, -0.2) is 12.7 Å². The van der Waals surface area contributed by atoms with Gasteiger partial charge in [0.25, 0.3) is 10.0 Å². The van der Waals surface area contributed by atoms with Crippen LogP contribution in [0.2, 0.25) is 0 Å². The Hall–Kier alpha value is -0.630. The van der Waals surface area contributed by atoms with Crippen LogP contribution in [0.25, 0.3) is 0 Å². The van der Waals surface area contributed by atoms with E-state index in [2.05, 4.69) is 22.6 Å². The van der Waals surface area contributed by atoms with Gasteiger partial charge in [0.2, 0.25) is 5.91 Å². The second-order valence-electron chi connectivity index (χ2n) is 4.88. The van der Waals surface area contributed by atoms with E-state index >= 15 is 0 Å². The zero-order valence-electron chi connectivity index (χ0n) is 10.8. The van der Waals surface area contributed by atoms with Crippen molar-refractivity contribution >= 4 is 38.5 Å². The first-order valence-electron chi connectivity index (χ1n) is 6.08. The van der Waals surface area contributed by atoms with E-state index in [1.165, 1.54) is 0 Å². The highest BCUT2D eigenvalue weighted by atomic mass is 127. The molecule has 2 atom stereocenters. The van der Waals surface area contributed by atoms with E-state index in [-0.39, 0.29) is 20.6 Å². The van der Waals surface area contributed by atoms with Gasteiger partial charge in [-0.05, 0) is 25.0 Å². The maximum absolute atomic E-state index is 12.4. The van der Waals surface area contributed by atoms with E-state index in [0.717, 1.165) is 9.87 Å². The molecule has 0 bridgehead atoms. The fraction of sp³-hybridized carbons (Fsp3) is 0.462. The SMILES string of the molecule is Cc1ccc(S(=O)(=O)N2CC(C(C)I)CC2=O)cc1. The molecule has 2 unspecified atom stereocenters. The number of hydrogen-bond donors (Lipinski definition) is 0. The van der Waals surface area contributed by atoms with Crippen LogP contribution < -0.4 is 0 Å². The number of halogens is 1.